The van der Waals surface area contributed by atoms with E-state index in [1.807, 2.05) is 0 Å². The third kappa shape index (κ3) is 4.61. The van der Waals surface area contributed by atoms with Crippen molar-refractivity contribution in [2.45, 2.75) is 13.0 Å². The van der Waals surface area contributed by atoms with E-state index < -0.39 is 12.1 Å². The minimum atomic E-state index is -0.990. The van der Waals surface area contributed by atoms with Gasteiger partial charge in [0, 0.05) is 6.08 Å². The normalized spacial score (nSPS) is 12.6. The molecule has 1 rings (SSSR count). The Labute approximate surface area is 93.8 Å². The molecule has 1 unspecified atom stereocenters. The lowest BCUT2D eigenvalue weighted by Crippen LogP contribution is -2.12. The van der Waals surface area contributed by atoms with Gasteiger partial charge in [0.15, 0.2) is 0 Å². The SMILES string of the molecule is CC(O)COc1cccc(C=CC(=O)O)c1. The van der Waals surface area contributed by atoms with Crippen LogP contribution in [-0.4, -0.2) is 28.9 Å². The number of hydrogen-bond acceptors (Lipinski definition) is 3. The van der Waals surface area contributed by atoms with Gasteiger partial charge in [-0.3, -0.25) is 0 Å². The maximum absolute atomic E-state index is 10.3. The first-order valence-electron chi connectivity index (χ1n) is 4.90. The van der Waals surface area contributed by atoms with Gasteiger partial charge >= 0.3 is 5.97 Å². The van der Waals surface area contributed by atoms with E-state index in [1.54, 1.807) is 31.2 Å². The van der Waals surface area contributed by atoms with E-state index in [9.17, 15) is 4.79 Å². The van der Waals surface area contributed by atoms with E-state index in [4.69, 9.17) is 14.9 Å². The smallest absolute Gasteiger partial charge is 0.328 e. The van der Waals surface area contributed by atoms with Crippen molar-refractivity contribution in [1.82, 2.24) is 0 Å². The Balaban J connectivity index is 2.67. The van der Waals surface area contributed by atoms with Crippen molar-refractivity contribution in [2.24, 2.45) is 0 Å². The molecule has 4 nitrogen and oxygen atoms in total. The second-order valence-corrected chi connectivity index (χ2v) is 3.40. The summed E-state index contributed by atoms with van der Waals surface area (Å²) in [6, 6.07) is 7.00. The minimum Gasteiger partial charge on any atom is -0.491 e. The first-order valence-corrected chi connectivity index (χ1v) is 4.90. The van der Waals surface area contributed by atoms with Crippen molar-refractivity contribution < 1.29 is 19.7 Å². The van der Waals surface area contributed by atoms with Gasteiger partial charge in [-0.25, -0.2) is 4.79 Å². The Kier molecular flexibility index (Phi) is 4.54. The summed E-state index contributed by atoms with van der Waals surface area (Å²) >= 11 is 0. The summed E-state index contributed by atoms with van der Waals surface area (Å²) in [6.07, 6.45) is 2.02. The molecule has 0 fully saturated rings. The summed E-state index contributed by atoms with van der Waals surface area (Å²) in [6.45, 7) is 1.85. The zero-order chi connectivity index (χ0) is 12.0. The molecule has 1 atom stereocenters. The number of benzene rings is 1. The number of aliphatic hydroxyl groups is 1. The van der Waals surface area contributed by atoms with Crippen LogP contribution in [0.5, 0.6) is 5.75 Å². The van der Waals surface area contributed by atoms with Crippen molar-refractivity contribution in [3.63, 3.8) is 0 Å². The highest BCUT2D eigenvalue weighted by atomic mass is 16.5. The van der Waals surface area contributed by atoms with E-state index in [-0.39, 0.29) is 6.61 Å². The molecule has 4 heteroatoms. The number of rotatable bonds is 5. The molecule has 0 saturated carbocycles. The Bertz CT molecular complexity index is 382. The molecule has 0 aliphatic carbocycles. The van der Waals surface area contributed by atoms with Crippen LogP contribution in [0.3, 0.4) is 0 Å². The van der Waals surface area contributed by atoms with Crippen LogP contribution in [0.4, 0.5) is 0 Å². The number of aliphatic carboxylic acids is 1. The van der Waals surface area contributed by atoms with Gasteiger partial charge in [-0.2, -0.15) is 0 Å². The molecule has 16 heavy (non-hydrogen) atoms. The van der Waals surface area contributed by atoms with Gasteiger partial charge in [0.05, 0.1) is 6.10 Å². The Morgan fingerprint density at radius 2 is 2.31 bits per heavy atom. The van der Waals surface area contributed by atoms with Crippen LogP contribution in [0.25, 0.3) is 6.08 Å². The van der Waals surface area contributed by atoms with E-state index in [2.05, 4.69) is 0 Å². The number of hydrogen-bond donors (Lipinski definition) is 2. The summed E-state index contributed by atoms with van der Waals surface area (Å²) in [5.74, 6) is -0.385. The Hall–Kier alpha value is -1.81. The van der Waals surface area contributed by atoms with Gasteiger partial charge in [-0.05, 0) is 30.7 Å². The fourth-order valence-electron chi connectivity index (χ4n) is 1.09. The minimum absolute atomic E-state index is 0.214. The molecule has 0 aliphatic rings. The second kappa shape index (κ2) is 5.92. The highest BCUT2D eigenvalue weighted by molar-refractivity contribution is 5.85. The van der Waals surface area contributed by atoms with E-state index in [0.29, 0.717) is 5.75 Å². The lowest BCUT2D eigenvalue weighted by molar-refractivity contribution is -0.131. The monoisotopic (exact) mass is 222 g/mol. The Morgan fingerprint density at radius 3 is 2.94 bits per heavy atom. The zero-order valence-electron chi connectivity index (χ0n) is 8.96. The first-order chi connectivity index (χ1) is 7.58. The van der Waals surface area contributed by atoms with Gasteiger partial charge in [-0.15, -0.1) is 0 Å². The third-order valence-electron chi connectivity index (χ3n) is 1.77. The fraction of sp³-hybridized carbons (Fsp3) is 0.250. The third-order valence-corrected chi connectivity index (χ3v) is 1.77. The molecular formula is C12H14O4. The van der Waals surface area contributed by atoms with Crippen molar-refractivity contribution in [2.75, 3.05) is 6.61 Å². The molecule has 2 N–H and O–H groups in total. The molecule has 0 aliphatic heterocycles. The van der Waals surface area contributed by atoms with Crippen molar-refractivity contribution in [3.8, 4) is 5.75 Å². The number of ether oxygens (including phenoxy) is 1. The van der Waals surface area contributed by atoms with Crippen LogP contribution < -0.4 is 4.74 Å². The molecule has 86 valence electrons. The van der Waals surface area contributed by atoms with Gasteiger partial charge in [0.1, 0.15) is 12.4 Å². The fourth-order valence-corrected chi connectivity index (χ4v) is 1.09. The second-order valence-electron chi connectivity index (χ2n) is 3.40. The molecule has 1 aromatic rings. The predicted molar refractivity (Wildman–Crippen MR) is 60.3 cm³/mol. The lowest BCUT2D eigenvalue weighted by Gasteiger charge is -2.08. The topological polar surface area (TPSA) is 66.8 Å². The quantitative estimate of drug-likeness (QED) is 0.742. The molecular weight excluding hydrogens is 208 g/mol. The number of carbonyl (C=O) groups is 1. The average molecular weight is 222 g/mol. The summed E-state index contributed by atoms with van der Waals surface area (Å²) < 4.78 is 5.28. The summed E-state index contributed by atoms with van der Waals surface area (Å²) in [7, 11) is 0. The van der Waals surface area contributed by atoms with Crippen LogP contribution >= 0.6 is 0 Å². The van der Waals surface area contributed by atoms with Crippen LogP contribution in [0, 0.1) is 0 Å². The maximum Gasteiger partial charge on any atom is 0.328 e. The van der Waals surface area contributed by atoms with E-state index in [1.165, 1.54) is 6.08 Å². The average Bonchev–Trinajstić information content (AvgIpc) is 2.24. The largest absolute Gasteiger partial charge is 0.491 e. The van der Waals surface area contributed by atoms with E-state index in [0.717, 1.165) is 11.6 Å². The first kappa shape index (κ1) is 12.3. The van der Waals surface area contributed by atoms with Gasteiger partial charge < -0.3 is 14.9 Å². The van der Waals surface area contributed by atoms with Crippen molar-refractivity contribution in [1.29, 1.82) is 0 Å². The molecule has 0 heterocycles. The van der Waals surface area contributed by atoms with Crippen LogP contribution in [0.15, 0.2) is 30.3 Å². The molecule has 0 aromatic heterocycles. The van der Waals surface area contributed by atoms with Crippen molar-refractivity contribution in [3.05, 3.63) is 35.9 Å². The van der Waals surface area contributed by atoms with Gasteiger partial charge in [0.25, 0.3) is 0 Å². The molecule has 0 radical (unpaired) electrons. The van der Waals surface area contributed by atoms with Gasteiger partial charge in [0.2, 0.25) is 0 Å². The van der Waals surface area contributed by atoms with Crippen LogP contribution in [-0.2, 0) is 4.79 Å². The highest BCUT2D eigenvalue weighted by Crippen LogP contribution is 2.14. The van der Waals surface area contributed by atoms with Gasteiger partial charge in [-0.1, -0.05) is 12.1 Å². The molecule has 0 spiro atoms. The predicted octanol–water partition coefficient (Wildman–Crippen LogP) is 1.54. The molecule has 1 aromatic carbocycles. The molecule has 0 saturated heterocycles. The highest BCUT2D eigenvalue weighted by Gasteiger charge is 1.98. The van der Waals surface area contributed by atoms with Crippen molar-refractivity contribution >= 4 is 12.0 Å². The van der Waals surface area contributed by atoms with Crippen LogP contribution in [0.2, 0.25) is 0 Å². The summed E-state index contributed by atoms with van der Waals surface area (Å²) in [4.78, 5) is 10.3. The van der Waals surface area contributed by atoms with E-state index >= 15 is 0 Å². The zero-order valence-corrected chi connectivity index (χ0v) is 8.96. The standard InChI is InChI=1S/C12H14O4/c1-9(13)8-16-11-4-2-3-10(7-11)5-6-12(14)15/h2-7,9,13H,8H2,1H3,(H,14,15). The molecule has 0 bridgehead atoms. The summed E-state index contributed by atoms with van der Waals surface area (Å²) in [5, 5.41) is 17.5. The molecule has 0 amide bonds. The lowest BCUT2D eigenvalue weighted by atomic mass is 10.2. The maximum atomic E-state index is 10.3. The summed E-state index contributed by atoms with van der Waals surface area (Å²) in [5.41, 5.74) is 0.741. The number of aliphatic hydroxyl groups excluding tert-OH is 1. The Morgan fingerprint density at radius 1 is 1.56 bits per heavy atom. The van der Waals surface area contributed by atoms with Crippen LogP contribution in [0.1, 0.15) is 12.5 Å². The number of carboxylic acid groups (broad SMARTS) is 1. The number of carboxylic acids is 1.